The van der Waals surface area contributed by atoms with E-state index in [-0.39, 0.29) is 11.2 Å². The van der Waals surface area contributed by atoms with Gasteiger partial charge in [0.25, 0.3) is 0 Å². The van der Waals surface area contributed by atoms with Crippen LogP contribution in [-0.4, -0.2) is 33.0 Å². The van der Waals surface area contributed by atoms with Gasteiger partial charge in [-0.25, -0.2) is 8.42 Å². The number of benzene rings is 1. The molecule has 0 saturated carbocycles. The fourth-order valence-electron chi connectivity index (χ4n) is 2.24. The number of sulfone groups is 1. The first-order chi connectivity index (χ1) is 8.08. The van der Waals surface area contributed by atoms with Gasteiger partial charge in [0.15, 0.2) is 0 Å². The molecule has 17 heavy (non-hydrogen) atoms. The van der Waals surface area contributed by atoms with E-state index in [9.17, 15) is 8.42 Å². The number of rotatable bonds is 5. The molecule has 1 aliphatic rings. The van der Waals surface area contributed by atoms with Gasteiger partial charge in [0.1, 0.15) is 9.84 Å². The minimum absolute atomic E-state index is 0.0312. The maximum atomic E-state index is 11.6. The van der Waals surface area contributed by atoms with Gasteiger partial charge in [-0.3, -0.25) is 0 Å². The van der Waals surface area contributed by atoms with E-state index in [4.69, 9.17) is 0 Å². The highest BCUT2D eigenvalue weighted by atomic mass is 32.2. The molecule has 3 nitrogen and oxygen atoms in total. The molecule has 4 heteroatoms. The maximum absolute atomic E-state index is 11.6. The van der Waals surface area contributed by atoms with Crippen LogP contribution in [0.5, 0.6) is 0 Å². The van der Waals surface area contributed by atoms with Crippen molar-refractivity contribution >= 4 is 9.84 Å². The van der Waals surface area contributed by atoms with Crippen molar-refractivity contribution in [3.63, 3.8) is 0 Å². The van der Waals surface area contributed by atoms with Crippen LogP contribution in [0.15, 0.2) is 30.3 Å². The molecule has 0 aromatic heterocycles. The van der Waals surface area contributed by atoms with E-state index < -0.39 is 9.84 Å². The Balaban J connectivity index is 2.11. The fraction of sp³-hybridized carbons (Fsp3) is 0.538. The topological polar surface area (TPSA) is 46.2 Å². The summed E-state index contributed by atoms with van der Waals surface area (Å²) in [4.78, 5) is 0. The minimum atomic E-state index is -2.86. The zero-order chi connectivity index (χ0) is 12.4. The zero-order valence-electron chi connectivity index (χ0n) is 10.1. The van der Waals surface area contributed by atoms with E-state index in [1.165, 1.54) is 5.56 Å². The SMILES string of the molecule is CCS(=O)(=O)CCC1(c2ccccc2)CNC1. The normalized spacial score (nSPS) is 18.6. The largest absolute Gasteiger partial charge is 0.315 e. The molecule has 0 bridgehead atoms. The summed E-state index contributed by atoms with van der Waals surface area (Å²) < 4.78 is 23.2. The van der Waals surface area contributed by atoms with Gasteiger partial charge < -0.3 is 5.32 Å². The molecule has 1 aromatic carbocycles. The van der Waals surface area contributed by atoms with Crippen LogP contribution in [0, 0.1) is 0 Å². The Morgan fingerprint density at radius 1 is 1.24 bits per heavy atom. The quantitative estimate of drug-likeness (QED) is 0.861. The Bertz CT molecular complexity index is 463. The highest BCUT2D eigenvalue weighted by Crippen LogP contribution is 2.32. The van der Waals surface area contributed by atoms with E-state index in [1.807, 2.05) is 18.2 Å². The summed E-state index contributed by atoms with van der Waals surface area (Å²) in [5, 5.41) is 3.26. The Hall–Kier alpha value is -0.870. The summed E-state index contributed by atoms with van der Waals surface area (Å²) in [5.74, 6) is 0.533. The first kappa shape index (κ1) is 12.6. The van der Waals surface area contributed by atoms with Crippen molar-refractivity contribution in [1.29, 1.82) is 0 Å². The fourth-order valence-corrected chi connectivity index (χ4v) is 3.23. The van der Waals surface area contributed by atoms with Gasteiger partial charge in [0, 0.05) is 24.3 Å². The molecule has 0 unspecified atom stereocenters. The summed E-state index contributed by atoms with van der Waals surface area (Å²) in [6.45, 7) is 3.48. The molecular weight excluding hydrogens is 234 g/mol. The third-order valence-corrected chi connectivity index (χ3v) is 5.35. The summed E-state index contributed by atoms with van der Waals surface area (Å²) in [5.41, 5.74) is 1.29. The van der Waals surface area contributed by atoms with Crippen LogP contribution in [0.2, 0.25) is 0 Å². The van der Waals surface area contributed by atoms with Crippen molar-refractivity contribution in [2.45, 2.75) is 18.8 Å². The molecule has 1 heterocycles. The van der Waals surface area contributed by atoms with Crippen molar-refractivity contribution in [3.8, 4) is 0 Å². The number of nitrogens with one attached hydrogen (secondary N) is 1. The molecule has 0 atom stereocenters. The minimum Gasteiger partial charge on any atom is -0.315 e. The molecular formula is C13H19NO2S. The third-order valence-electron chi connectivity index (χ3n) is 3.64. The molecule has 2 rings (SSSR count). The lowest BCUT2D eigenvalue weighted by molar-refractivity contribution is 0.268. The van der Waals surface area contributed by atoms with E-state index in [0.29, 0.717) is 5.75 Å². The van der Waals surface area contributed by atoms with Crippen LogP contribution in [0.25, 0.3) is 0 Å². The van der Waals surface area contributed by atoms with Crippen molar-refractivity contribution in [2.75, 3.05) is 24.6 Å². The van der Waals surface area contributed by atoms with Gasteiger partial charge in [-0.2, -0.15) is 0 Å². The average molecular weight is 253 g/mol. The molecule has 1 fully saturated rings. The van der Waals surface area contributed by atoms with Crippen LogP contribution < -0.4 is 5.32 Å². The summed E-state index contributed by atoms with van der Waals surface area (Å²) in [6, 6.07) is 10.2. The molecule has 1 aromatic rings. The molecule has 1 saturated heterocycles. The Kier molecular flexibility index (Phi) is 3.54. The number of hydrogen-bond donors (Lipinski definition) is 1. The second-order valence-electron chi connectivity index (χ2n) is 4.74. The lowest BCUT2D eigenvalue weighted by Crippen LogP contribution is -2.57. The Labute approximate surface area is 103 Å². The van der Waals surface area contributed by atoms with E-state index in [2.05, 4.69) is 17.4 Å². The molecule has 1 N–H and O–H groups in total. The highest BCUT2D eigenvalue weighted by molar-refractivity contribution is 7.91. The van der Waals surface area contributed by atoms with E-state index >= 15 is 0 Å². The summed E-state index contributed by atoms with van der Waals surface area (Å²) in [6.07, 6.45) is 0.722. The molecule has 0 aliphatic carbocycles. The van der Waals surface area contributed by atoms with Gasteiger partial charge in [-0.1, -0.05) is 37.3 Å². The monoisotopic (exact) mass is 253 g/mol. The molecule has 1 aliphatic heterocycles. The third kappa shape index (κ3) is 2.69. The zero-order valence-corrected chi connectivity index (χ0v) is 11.0. The first-order valence-corrected chi connectivity index (χ1v) is 7.87. The summed E-state index contributed by atoms with van der Waals surface area (Å²) in [7, 11) is -2.86. The van der Waals surface area contributed by atoms with Crippen LogP contribution in [0.4, 0.5) is 0 Å². The molecule has 0 spiro atoms. The molecule has 94 valence electrons. The van der Waals surface area contributed by atoms with Crippen LogP contribution in [-0.2, 0) is 15.3 Å². The van der Waals surface area contributed by atoms with Gasteiger partial charge in [-0.05, 0) is 12.0 Å². The predicted octanol–water partition coefficient (Wildman–Crippen LogP) is 1.35. The van der Waals surface area contributed by atoms with Crippen LogP contribution >= 0.6 is 0 Å². The van der Waals surface area contributed by atoms with Crippen LogP contribution in [0.1, 0.15) is 18.9 Å². The lowest BCUT2D eigenvalue weighted by Gasteiger charge is -2.43. The van der Waals surface area contributed by atoms with Gasteiger partial charge >= 0.3 is 0 Å². The van der Waals surface area contributed by atoms with E-state index in [1.54, 1.807) is 6.92 Å². The second kappa shape index (κ2) is 4.78. The maximum Gasteiger partial charge on any atom is 0.150 e. The van der Waals surface area contributed by atoms with Crippen LogP contribution in [0.3, 0.4) is 0 Å². The predicted molar refractivity (Wildman–Crippen MR) is 69.9 cm³/mol. The van der Waals surface area contributed by atoms with Gasteiger partial charge in [0.2, 0.25) is 0 Å². The van der Waals surface area contributed by atoms with Crippen molar-refractivity contribution < 1.29 is 8.42 Å². The number of hydrogen-bond acceptors (Lipinski definition) is 3. The van der Waals surface area contributed by atoms with Crippen molar-refractivity contribution in [3.05, 3.63) is 35.9 Å². The first-order valence-electron chi connectivity index (χ1n) is 6.05. The van der Waals surface area contributed by atoms with Gasteiger partial charge in [-0.15, -0.1) is 0 Å². The standard InChI is InChI=1S/C13H19NO2S/c1-2-17(15,16)9-8-13(10-14-11-13)12-6-4-3-5-7-12/h3-7,14H,2,8-11H2,1H3. The summed E-state index contributed by atoms with van der Waals surface area (Å²) >= 11 is 0. The Morgan fingerprint density at radius 2 is 1.88 bits per heavy atom. The lowest BCUT2D eigenvalue weighted by atomic mass is 9.73. The molecule has 0 radical (unpaired) electrons. The Morgan fingerprint density at radius 3 is 2.35 bits per heavy atom. The van der Waals surface area contributed by atoms with E-state index in [0.717, 1.165) is 19.5 Å². The van der Waals surface area contributed by atoms with Crippen molar-refractivity contribution in [1.82, 2.24) is 5.32 Å². The molecule has 0 amide bonds. The smallest absolute Gasteiger partial charge is 0.150 e. The van der Waals surface area contributed by atoms with Crippen molar-refractivity contribution in [2.24, 2.45) is 0 Å². The highest BCUT2D eigenvalue weighted by Gasteiger charge is 2.38. The average Bonchev–Trinajstić information content (AvgIpc) is 2.29. The van der Waals surface area contributed by atoms with Gasteiger partial charge in [0.05, 0.1) is 5.75 Å². The second-order valence-corrected chi connectivity index (χ2v) is 7.21.